The number of ether oxygens (including phenoxy) is 1. The Morgan fingerprint density at radius 3 is 2.36 bits per heavy atom. The van der Waals surface area contributed by atoms with Crippen molar-refractivity contribution >= 4 is 23.4 Å². The van der Waals surface area contributed by atoms with E-state index in [0.717, 1.165) is 6.42 Å². The fourth-order valence-corrected chi connectivity index (χ4v) is 7.28. The molecule has 1 aromatic carbocycles. The lowest BCUT2D eigenvalue weighted by atomic mass is 9.65. The van der Waals surface area contributed by atoms with Crippen LogP contribution in [0.5, 0.6) is 0 Å². The highest BCUT2D eigenvalue weighted by atomic mass is 16.5. The summed E-state index contributed by atoms with van der Waals surface area (Å²) in [6, 6.07) is 8.27. The largest absolute Gasteiger partial charge is 0.395 e. The van der Waals surface area contributed by atoms with Crippen LogP contribution in [-0.4, -0.2) is 63.7 Å². The minimum absolute atomic E-state index is 0.0108. The molecule has 8 heteroatoms. The lowest BCUT2D eigenvalue weighted by molar-refractivity contribution is -0.147. The average Bonchev–Trinajstić information content (AvgIpc) is 3.36. The van der Waals surface area contributed by atoms with Gasteiger partial charge in [-0.1, -0.05) is 45.9 Å². The number of carbonyl (C=O) groups is 3. The van der Waals surface area contributed by atoms with Crippen LogP contribution in [0.4, 0.5) is 5.69 Å². The zero-order valence-electron chi connectivity index (χ0n) is 22.4. The smallest absolute Gasteiger partial charge is 0.246 e. The Morgan fingerprint density at radius 2 is 1.78 bits per heavy atom. The lowest BCUT2D eigenvalue weighted by Gasteiger charge is -2.38. The van der Waals surface area contributed by atoms with Crippen molar-refractivity contribution in [2.45, 2.75) is 90.0 Å². The molecule has 0 radical (unpaired) electrons. The maximum Gasteiger partial charge on any atom is 0.246 e. The molecule has 1 aromatic rings. The monoisotopic (exact) mass is 499 g/mol. The quantitative estimate of drug-likeness (QED) is 0.509. The summed E-state index contributed by atoms with van der Waals surface area (Å²) in [4.78, 5) is 42.9. The van der Waals surface area contributed by atoms with Crippen LogP contribution in [0.1, 0.15) is 67.2 Å². The molecule has 3 aliphatic rings. The molecule has 8 nitrogen and oxygen atoms in total. The summed E-state index contributed by atoms with van der Waals surface area (Å²) in [5.41, 5.74) is -1.77. The number of nitrogens with one attached hydrogen (secondary N) is 2. The van der Waals surface area contributed by atoms with Crippen LogP contribution in [0, 0.1) is 17.3 Å². The number of carbonyl (C=O) groups excluding carboxylic acids is 3. The number of rotatable bonds is 8. The van der Waals surface area contributed by atoms with Crippen LogP contribution in [0.3, 0.4) is 0 Å². The van der Waals surface area contributed by atoms with E-state index in [1.165, 1.54) is 4.90 Å². The van der Waals surface area contributed by atoms with Gasteiger partial charge in [-0.3, -0.25) is 14.4 Å². The Hall–Kier alpha value is -2.45. The fourth-order valence-electron chi connectivity index (χ4n) is 7.28. The molecule has 5 atom stereocenters. The number of hydrogen-bond acceptors (Lipinski definition) is 5. The van der Waals surface area contributed by atoms with Gasteiger partial charge in [0.25, 0.3) is 0 Å². The molecule has 2 unspecified atom stereocenters. The average molecular weight is 500 g/mol. The molecule has 2 bridgehead atoms. The molecular formula is C28H41N3O5. The van der Waals surface area contributed by atoms with E-state index in [2.05, 4.69) is 31.4 Å². The van der Waals surface area contributed by atoms with Gasteiger partial charge in [0.2, 0.25) is 17.7 Å². The molecule has 3 aliphatic heterocycles. The van der Waals surface area contributed by atoms with Gasteiger partial charge in [0.1, 0.15) is 11.6 Å². The molecule has 36 heavy (non-hydrogen) atoms. The van der Waals surface area contributed by atoms with E-state index < -0.39 is 34.6 Å². The first-order valence-electron chi connectivity index (χ1n) is 13.1. The maximum atomic E-state index is 13.9. The van der Waals surface area contributed by atoms with Crippen LogP contribution in [0.25, 0.3) is 0 Å². The van der Waals surface area contributed by atoms with Gasteiger partial charge in [0.05, 0.1) is 24.0 Å². The van der Waals surface area contributed by atoms with Crippen molar-refractivity contribution in [3.05, 3.63) is 30.3 Å². The Morgan fingerprint density at radius 1 is 1.11 bits per heavy atom. The van der Waals surface area contributed by atoms with E-state index >= 15 is 0 Å². The molecule has 198 valence electrons. The molecule has 1 spiro atoms. The SMILES string of the molecule is CC[C@]12CCC3(O1)C(C(=O)NC(C)(C)CC(C)(C)C)N(CCO)C(=O)[C@@H]3[C@H]2C(=O)Nc1ccccc1. The Balaban J connectivity index is 1.70. The Kier molecular flexibility index (Phi) is 6.75. The number of anilines is 1. The number of hydrogen-bond donors (Lipinski definition) is 3. The zero-order valence-corrected chi connectivity index (χ0v) is 22.4. The predicted octanol–water partition coefficient (Wildman–Crippen LogP) is 3.10. The molecule has 0 aromatic heterocycles. The first-order valence-corrected chi connectivity index (χ1v) is 13.1. The van der Waals surface area contributed by atoms with E-state index in [9.17, 15) is 19.5 Å². The number of likely N-dealkylation sites (tertiary alicyclic amines) is 1. The van der Waals surface area contributed by atoms with E-state index in [4.69, 9.17) is 4.74 Å². The van der Waals surface area contributed by atoms with Crippen LogP contribution in [-0.2, 0) is 19.1 Å². The van der Waals surface area contributed by atoms with Crippen LogP contribution < -0.4 is 10.6 Å². The maximum absolute atomic E-state index is 13.9. The fraction of sp³-hybridized carbons (Fsp3) is 0.679. The van der Waals surface area contributed by atoms with Crippen molar-refractivity contribution < 1.29 is 24.2 Å². The van der Waals surface area contributed by atoms with Gasteiger partial charge in [0.15, 0.2) is 0 Å². The summed E-state index contributed by atoms with van der Waals surface area (Å²) in [6.07, 6.45) is 2.42. The van der Waals surface area contributed by atoms with Crippen LogP contribution in [0.2, 0.25) is 0 Å². The number of nitrogens with zero attached hydrogens (tertiary/aromatic N) is 1. The molecule has 3 amide bonds. The van der Waals surface area contributed by atoms with Crippen molar-refractivity contribution in [1.82, 2.24) is 10.2 Å². The van der Waals surface area contributed by atoms with Crippen molar-refractivity contribution in [2.24, 2.45) is 17.3 Å². The van der Waals surface area contributed by atoms with Crippen LogP contribution in [0.15, 0.2) is 30.3 Å². The Bertz CT molecular complexity index is 1020. The number of β-amino-alcohol motifs (C(OH)–C–C–N with tert-alkyl or cyclic N) is 1. The zero-order chi connectivity index (χ0) is 26.5. The second kappa shape index (κ2) is 9.14. The molecule has 3 saturated heterocycles. The number of amides is 3. The molecule has 0 saturated carbocycles. The van der Waals surface area contributed by atoms with Gasteiger partial charge < -0.3 is 25.4 Å². The third-order valence-electron chi connectivity index (χ3n) is 8.03. The van der Waals surface area contributed by atoms with E-state index in [0.29, 0.717) is 24.9 Å². The number of aliphatic hydroxyl groups excluding tert-OH is 1. The van der Waals surface area contributed by atoms with Crippen molar-refractivity contribution in [3.63, 3.8) is 0 Å². The minimum Gasteiger partial charge on any atom is -0.395 e. The number of aliphatic hydroxyl groups is 1. The Labute approximate surface area is 214 Å². The normalized spacial score (nSPS) is 31.5. The molecular weight excluding hydrogens is 458 g/mol. The number of benzene rings is 1. The minimum atomic E-state index is -1.09. The second-order valence-corrected chi connectivity index (χ2v) is 12.6. The lowest BCUT2D eigenvalue weighted by Crippen LogP contribution is -2.59. The summed E-state index contributed by atoms with van der Waals surface area (Å²) in [5.74, 6) is -2.33. The van der Waals surface area contributed by atoms with Crippen molar-refractivity contribution in [1.29, 1.82) is 0 Å². The number of para-hydroxylation sites is 1. The standard InChI is InChI=1S/C28H41N3O5/c1-7-27-13-14-28(36-27)20(19(27)22(33)29-18-11-9-8-10-12-18)24(35)31(15-16-32)21(28)23(34)30-26(5,6)17-25(2,3)4/h8-12,19-21,32H,7,13-17H2,1-6H3,(H,29,33)(H,30,34)/t19-,20-,21?,27+,28?/m0/s1. The highest BCUT2D eigenvalue weighted by Gasteiger charge is 2.78. The number of fused-ring (bicyclic) bond motifs is 1. The second-order valence-electron chi connectivity index (χ2n) is 12.6. The summed E-state index contributed by atoms with van der Waals surface area (Å²) in [6.45, 7) is 12.0. The van der Waals surface area contributed by atoms with Gasteiger partial charge in [-0.2, -0.15) is 0 Å². The molecule has 3 fully saturated rings. The molecule has 4 rings (SSSR count). The van der Waals surface area contributed by atoms with Crippen molar-refractivity contribution in [2.75, 3.05) is 18.5 Å². The molecule has 3 heterocycles. The van der Waals surface area contributed by atoms with E-state index in [1.54, 1.807) is 0 Å². The highest BCUT2D eigenvalue weighted by Crippen LogP contribution is 2.64. The summed E-state index contributed by atoms with van der Waals surface area (Å²) >= 11 is 0. The van der Waals surface area contributed by atoms with Gasteiger partial charge in [0, 0.05) is 17.8 Å². The first kappa shape index (κ1) is 26.6. The summed E-state index contributed by atoms with van der Waals surface area (Å²) in [7, 11) is 0. The summed E-state index contributed by atoms with van der Waals surface area (Å²) < 4.78 is 6.72. The molecule has 0 aliphatic carbocycles. The topological polar surface area (TPSA) is 108 Å². The van der Waals surface area contributed by atoms with Gasteiger partial charge >= 0.3 is 0 Å². The van der Waals surface area contributed by atoms with Gasteiger partial charge in [-0.05, 0) is 57.1 Å². The van der Waals surface area contributed by atoms with E-state index in [-0.39, 0.29) is 36.3 Å². The van der Waals surface area contributed by atoms with Crippen molar-refractivity contribution in [3.8, 4) is 0 Å². The third kappa shape index (κ3) is 4.43. The third-order valence-corrected chi connectivity index (χ3v) is 8.03. The highest BCUT2D eigenvalue weighted by molar-refractivity contribution is 6.02. The van der Waals surface area contributed by atoms with Gasteiger partial charge in [-0.15, -0.1) is 0 Å². The molecule has 3 N–H and O–H groups in total. The predicted molar refractivity (Wildman–Crippen MR) is 137 cm³/mol. The van der Waals surface area contributed by atoms with E-state index in [1.807, 2.05) is 51.1 Å². The van der Waals surface area contributed by atoms with Crippen LogP contribution >= 0.6 is 0 Å². The van der Waals surface area contributed by atoms with Gasteiger partial charge in [-0.25, -0.2) is 0 Å². The summed E-state index contributed by atoms with van der Waals surface area (Å²) in [5, 5.41) is 15.9. The first-order chi connectivity index (χ1) is 16.8.